The Balaban J connectivity index is -0.0000000408. The fraction of sp³-hybridized carbons (Fsp3) is 0. The van der Waals surface area contributed by atoms with Crippen LogP contribution in [0.2, 0.25) is 0 Å². The number of hydrogen-bond acceptors (Lipinski definition) is 6. The molecule has 0 bridgehead atoms. The maximum absolute atomic E-state index is 9.23. The zero-order valence-electron chi connectivity index (χ0n) is 7.21. The van der Waals surface area contributed by atoms with E-state index in [1.807, 2.05) is 0 Å². The van der Waals surface area contributed by atoms with Crippen LogP contribution in [0.25, 0.3) is 0 Å². The minimum atomic E-state index is -4.85. The van der Waals surface area contributed by atoms with Crippen LogP contribution in [0.4, 0.5) is 0 Å². The van der Waals surface area contributed by atoms with Crippen LogP contribution in [-0.2, 0) is 3.84 Å². The van der Waals surface area contributed by atoms with Crippen LogP contribution >= 0.6 is 0 Å². The molecule has 0 saturated carbocycles. The molecule has 0 atom stereocenters. The predicted octanol–water partition coefficient (Wildman–Crippen LogP) is -11.8. The molecule has 0 rings (SSSR count). The number of halogens is 2. The second-order valence-electron chi connectivity index (χ2n) is 0.625. The molecule has 0 aromatic carbocycles. The molecule has 0 saturated heterocycles. The Bertz CT molecular complexity index is 76.4. The Morgan fingerprint density at radius 2 is 1.40 bits per heavy atom. The van der Waals surface area contributed by atoms with Crippen LogP contribution in [0.3, 0.4) is 0 Å². The summed E-state index contributed by atoms with van der Waals surface area (Å²) in [5.41, 5.74) is 0. The Labute approximate surface area is 109 Å². The second kappa shape index (κ2) is 7.96. The standard InChI is InChI=1S/Cl2O6.2Na.2H/c3-1(4)8-2(5,6)7;;;;/q;2*+1;2*-1. The summed E-state index contributed by atoms with van der Waals surface area (Å²) < 4.78 is 48.7. The van der Waals surface area contributed by atoms with Crippen molar-refractivity contribution in [1.82, 2.24) is 0 Å². The van der Waals surface area contributed by atoms with Gasteiger partial charge < -0.3 is 12.2 Å². The Hall–Kier alpha value is 2.34. The zero-order chi connectivity index (χ0) is 6.78. The molecule has 54 valence electrons. The molecule has 0 spiro atoms. The molecule has 0 heterocycles. The van der Waals surface area contributed by atoms with E-state index in [1.165, 1.54) is 0 Å². The van der Waals surface area contributed by atoms with Crippen molar-refractivity contribution >= 4 is 0 Å². The zero-order valence-corrected chi connectivity index (χ0v) is 10.7. The van der Waals surface area contributed by atoms with Crippen molar-refractivity contribution in [2.75, 3.05) is 0 Å². The molecular weight excluding hydrogens is 213 g/mol. The van der Waals surface area contributed by atoms with Crippen LogP contribution in [-0.4, -0.2) is 0 Å². The Morgan fingerprint density at radius 3 is 1.40 bits per heavy atom. The number of hydrogen-bond donors (Lipinski definition) is 0. The van der Waals surface area contributed by atoms with E-state index in [9.17, 15) is 14.0 Å². The van der Waals surface area contributed by atoms with Crippen LogP contribution in [0.5, 0.6) is 0 Å². The largest absolute Gasteiger partial charge is 1.00 e. The summed E-state index contributed by atoms with van der Waals surface area (Å²) in [5.74, 6) is 0. The molecule has 0 amide bonds. The number of rotatable bonds is 2. The summed E-state index contributed by atoms with van der Waals surface area (Å²) in [5, 5.41) is 0. The fourth-order valence-electron chi connectivity index (χ4n) is 0.0583. The van der Waals surface area contributed by atoms with Gasteiger partial charge in [0.05, 0.1) is 0 Å². The summed E-state index contributed by atoms with van der Waals surface area (Å²) in [6.45, 7) is 0. The topological polar surface area (TPSA) is 125 Å². The first-order chi connectivity index (χ1) is 3.42. The van der Waals surface area contributed by atoms with Gasteiger partial charge in [-0.05, 0) is 0 Å². The summed E-state index contributed by atoms with van der Waals surface area (Å²) in [6.07, 6.45) is 0. The maximum Gasteiger partial charge on any atom is 1.00 e. The molecule has 0 aliphatic carbocycles. The maximum atomic E-state index is 9.23. The molecule has 0 unspecified atom stereocenters. The minimum Gasteiger partial charge on any atom is -1.00 e. The molecule has 0 fully saturated rings. The summed E-state index contributed by atoms with van der Waals surface area (Å²) in [6, 6.07) is 0. The van der Waals surface area contributed by atoms with Crippen molar-refractivity contribution in [3.8, 4) is 0 Å². The van der Waals surface area contributed by atoms with Crippen molar-refractivity contribution in [3.63, 3.8) is 0 Å². The molecule has 0 N–H and O–H groups in total. The van der Waals surface area contributed by atoms with Gasteiger partial charge in [0.1, 0.15) is 0 Å². The molecule has 0 radical (unpaired) electrons. The van der Waals surface area contributed by atoms with Crippen LogP contribution in [0.1, 0.15) is 2.85 Å². The van der Waals surface area contributed by atoms with Gasteiger partial charge in [0.25, 0.3) is 0 Å². The van der Waals surface area contributed by atoms with Crippen LogP contribution in [0.15, 0.2) is 0 Å². The monoisotopic (exact) mass is 214 g/mol. The van der Waals surface area contributed by atoms with E-state index in [-0.39, 0.29) is 62.0 Å². The normalized spacial score (nSPS) is 10.2. The molecule has 0 aromatic heterocycles. The van der Waals surface area contributed by atoms with Crippen LogP contribution < -0.4 is 82.4 Å². The van der Waals surface area contributed by atoms with Gasteiger partial charge in [-0.1, -0.05) is 0 Å². The molecule has 0 aliphatic rings. The third-order valence-electron chi connectivity index (χ3n) is 0.119. The van der Waals surface area contributed by atoms with Gasteiger partial charge in [0, 0.05) is 0 Å². The predicted molar refractivity (Wildman–Crippen MR) is 3.31 cm³/mol. The summed E-state index contributed by atoms with van der Waals surface area (Å²) in [7, 11) is -7.85. The van der Waals surface area contributed by atoms with Gasteiger partial charge in [0.15, 0.2) is 0 Å². The van der Waals surface area contributed by atoms with E-state index in [1.54, 1.807) is 0 Å². The first-order valence-corrected chi connectivity index (χ1v) is 3.24. The van der Waals surface area contributed by atoms with E-state index in [2.05, 4.69) is 3.84 Å². The van der Waals surface area contributed by atoms with Gasteiger partial charge in [0.2, 0.25) is 10.2 Å². The molecular formula is H2Cl2Na2O6. The van der Waals surface area contributed by atoms with E-state index in [4.69, 9.17) is 9.32 Å². The second-order valence-corrected chi connectivity index (χ2v) is 2.23. The van der Waals surface area contributed by atoms with E-state index in [0.29, 0.717) is 0 Å². The summed E-state index contributed by atoms with van der Waals surface area (Å²) in [4.78, 5) is 0. The molecule has 10 heavy (non-hydrogen) atoms. The summed E-state index contributed by atoms with van der Waals surface area (Å²) >= 11 is 0. The van der Waals surface area contributed by atoms with Crippen molar-refractivity contribution in [2.45, 2.75) is 0 Å². The van der Waals surface area contributed by atoms with Gasteiger partial charge in [-0.25, -0.2) is 0 Å². The molecule has 6 nitrogen and oxygen atoms in total. The quantitative estimate of drug-likeness (QED) is 0.421. The van der Waals surface area contributed by atoms with Gasteiger partial charge in [-0.15, -0.1) is 0 Å². The van der Waals surface area contributed by atoms with Gasteiger partial charge in [-0.2, -0.15) is 14.0 Å². The van der Waals surface area contributed by atoms with Gasteiger partial charge in [-0.3, -0.25) is 0 Å². The average Bonchev–Trinajstić information content (AvgIpc) is 1.21. The Kier molecular flexibility index (Phi) is 14.5. The fourth-order valence-corrected chi connectivity index (χ4v) is 0.525. The molecule has 10 heteroatoms. The molecule has 0 aliphatic heterocycles. The van der Waals surface area contributed by atoms with Crippen molar-refractivity contribution in [3.05, 3.63) is 0 Å². The first-order valence-electron chi connectivity index (χ1n) is 1.08. The minimum absolute atomic E-state index is 0. The van der Waals surface area contributed by atoms with E-state index >= 15 is 0 Å². The van der Waals surface area contributed by atoms with Crippen molar-refractivity contribution < 1.29 is 110 Å². The third kappa shape index (κ3) is 16.7. The molecule has 0 aromatic rings. The third-order valence-corrected chi connectivity index (χ3v) is 1.07. The van der Waals surface area contributed by atoms with E-state index < -0.39 is 21.0 Å². The Morgan fingerprint density at radius 1 is 1.10 bits per heavy atom. The van der Waals surface area contributed by atoms with Crippen molar-refractivity contribution in [1.29, 1.82) is 0 Å². The van der Waals surface area contributed by atoms with Crippen molar-refractivity contribution in [2.24, 2.45) is 0 Å². The smallest absolute Gasteiger partial charge is 1.00 e. The SMILES string of the molecule is [H-].[H-].[Na+].[Na+].[O-][Cl+2]([O-])O[Cl+3]([O-])([O-])[O-]. The van der Waals surface area contributed by atoms with Gasteiger partial charge >= 0.3 is 73.7 Å². The van der Waals surface area contributed by atoms with Crippen LogP contribution in [0, 0.1) is 21.0 Å². The van der Waals surface area contributed by atoms with E-state index in [0.717, 1.165) is 0 Å². The first kappa shape index (κ1) is 18.2. The average molecular weight is 215 g/mol.